The van der Waals surface area contributed by atoms with Crippen LogP contribution in [-0.4, -0.2) is 52.7 Å². The van der Waals surface area contributed by atoms with Crippen LogP contribution in [0.1, 0.15) is 112 Å². The minimum Gasteiger partial charge on any atom is -0.392 e. The van der Waals surface area contributed by atoms with Crippen molar-refractivity contribution < 1.29 is 15.0 Å². The summed E-state index contributed by atoms with van der Waals surface area (Å²) in [5, 5.41) is 20.3. The maximum absolute atomic E-state index is 11.7. The molecule has 0 radical (unpaired) electrons. The molecule has 3 unspecified atom stereocenters. The van der Waals surface area contributed by atoms with E-state index < -0.39 is 0 Å². The summed E-state index contributed by atoms with van der Waals surface area (Å²) in [7, 11) is 0. The van der Waals surface area contributed by atoms with E-state index in [1.54, 1.807) is 6.92 Å². The van der Waals surface area contributed by atoms with Crippen LogP contribution in [0.25, 0.3) is 0 Å². The van der Waals surface area contributed by atoms with Gasteiger partial charge in [0.2, 0.25) is 0 Å². The van der Waals surface area contributed by atoms with Crippen molar-refractivity contribution in [2.45, 2.75) is 124 Å². The fraction of sp³-hybridized carbons (Fsp3) is 0.960. The van der Waals surface area contributed by atoms with Gasteiger partial charge in [0.1, 0.15) is 5.78 Å². The van der Waals surface area contributed by atoms with Crippen LogP contribution in [0.2, 0.25) is 0 Å². The van der Waals surface area contributed by atoms with Gasteiger partial charge < -0.3 is 10.2 Å². The van der Waals surface area contributed by atoms with Gasteiger partial charge in [0.25, 0.3) is 0 Å². The van der Waals surface area contributed by atoms with E-state index in [0.717, 1.165) is 38.6 Å². The summed E-state index contributed by atoms with van der Waals surface area (Å²) < 4.78 is 0. The van der Waals surface area contributed by atoms with Crippen LogP contribution in [-0.2, 0) is 4.79 Å². The number of carbonyl (C=O) groups is 1. The molecule has 4 atom stereocenters. The standard InChI is InChI=1S/C25H51NO3/c1-6-8-9-10-11-12-13-14-17-24(29)20-26(19-22(4)27)18-15-16-21(3)25(7-2)23(5)28/h21-22,24-25,27,29H,6-20H2,1-5H3/t21?,22?,24?,25-/m0/s1. The van der Waals surface area contributed by atoms with Gasteiger partial charge in [-0.05, 0) is 52.0 Å². The Morgan fingerprint density at radius 1 is 0.828 bits per heavy atom. The van der Waals surface area contributed by atoms with E-state index in [2.05, 4.69) is 25.7 Å². The molecule has 4 nitrogen and oxygen atoms in total. The summed E-state index contributed by atoms with van der Waals surface area (Å²) in [5.74, 6) is 0.850. The van der Waals surface area contributed by atoms with Crippen molar-refractivity contribution in [2.75, 3.05) is 19.6 Å². The molecular weight excluding hydrogens is 362 g/mol. The van der Waals surface area contributed by atoms with E-state index in [-0.39, 0.29) is 18.1 Å². The second-order valence-corrected chi connectivity index (χ2v) is 9.27. The average molecular weight is 414 g/mol. The highest BCUT2D eigenvalue weighted by Gasteiger charge is 2.20. The first-order chi connectivity index (χ1) is 13.8. The Kier molecular flexibility index (Phi) is 18.0. The smallest absolute Gasteiger partial charge is 0.133 e. The lowest BCUT2D eigenvalue weighted by Crippen LogP contribution is -2.38. The fourth-order valence-corrected chi connectivity index (χ4v) is 4.46. The normalized spacial score (nSPS) is 16.0. The third-order valence-electron chi connectivity index (χ3n) is 6.16. The SMILES string of the molecule is CCCCCCCCCCC(O)CN(CCCC(C)[C@H](CC)C(C)=O)CC(C)O. The van der Waals surface area contributed by atoms with Gasteiger partial charge in [-0.15, -0.1) is 0 Å². The molecule has 174 valence electrons. The average Bonchev–Trinajstić information content (AvgIpc) is 2.63. The van der Waals surface area contributed by atoms with Gasteiger partial charge >= 0.3 is 0 Å². The molecule has 2 N–H and O–H groups in total. The summed E-state index contributed by atoms with van der Waals surface area (Å²) in [6.07, 6.45) is 13.3. The maximum Gasteiger partial charge on any atom is 0.133 e. The monoisotopic (exact) mass is 413 g/mol. The van der Waals surface area contributed by atoms with Gasteiger partial charge in [-0.2, -0.15) is 0 Å². The first-order valence-corrected chi connectivity index (χ1v) is 12.4. The summed E-state index contributed by atoms with van der Waals surface area (Å²) in [4.78, 5) is 13.9. The van der Waals surface area contributed by atoms with E-state index in [4.69, 9.17) is 0 Å². The Morgan fingerprint density at radius 3 is 1.93 bits per heavy atom. The summed E-state index contributed by atoms with van der Waals surface area (Å²) >= 11 is 0. The predicted molar refractivity (Wildman–Crippen MR) is 124 cm³/mol. The van der Waals surface area contributed by atoms with Crippen LogP contribution < -0.4 is 0 Å². The molecule has 0 spiro atoms. The zero-order valence-corrected chi connectivity index (χ0v) is 20.2. The number of aliphatic hydroxyl groups excluding tert-OH is 2. The fourth-order valence-electron chi connectivity index (χ4n) is 4.46. The summed E-state index contributed by atoms with van der Waals surface area (Å²) in [6, 6.07) is 0. The highest BCUT2D eigenvalue weighted by Crippen LogP contribution is 2.21. The molecule has 0 rings (SSSR count). The Labute approximate surface area is 181 Å². The molecule has 0 bridgehead atoms. The van der Waals surface area contributed by atoms with Crippen LogP contribution in [0.5, 0.6) is 0 Å². The Morgan fingerprint density at radius 2 is 1.41 bits per heavy atom. The van der Waals surface area contributed by atoms with Gasteiger partial charge in [0, 0.05) is 19.0 Å². The number of Topliss-reactive ketones (excluding diaryl/α,β-unsaturated/α-hetero) is 1. The second kappa shape index (κ2) is 18.3. The lowest BCUT2D eigenvalue weighted by atomic mass is 9.85. The molecule has 0 saturated carbocycles. The van der Waals surface area contributed by atoms with E-state index >= 15 is 0 Å². The molecule has 0 aliphatic carbocycles. The van der Waals surface area contributed by atoms with E-state index in [1.807, 2.05) is 6.92 Å². The van der Waals surface area contributed by atoms with Crippen LogP contribution in [0.3, 0.4) is 0 Å². The summed E-state index contributed by atoms with van der Waals surface area (Å²) in [5.41, 5.74) is 0. The number of hydrogen-bond acceptors (Lipinski definition) is 4. The molecule has 0 saturated heterocycles. The molecular formula is C25H51NO3. The van der Waals surface area contributed by atoms with Crippen molar-refractivity contribution in [3.8, 4) is 0 Å². The Balaban J connectivity index is 4.12. The molecule has 0 aliphatic rings. The van der Waals surface area contributed by atoms with E-state index in [0.29, 0.717) is 24.8 Å². The third kappa shape index (κ3) is 16.0. The van der Waals surface area contributed by atoms with Gasteiger partial charge in [0.15, 0.2) is 0 Å². The first kappa shape index (κ1) is 28.5. The molecule has 29 heavy (non-hydrogen) atoms. The molecule has 0 amide bonds. The minimum absolute atomic E-state index is 0.160. The number of hydrogen-bond donors (Lipinski definition) is 2. The molecule has 4 heteroatoms. The lowest BCUT2D eigenvalue weighted by Gasteiger charge is -2.27. The highest BCUT2D eigenvalue weighted by atomic mass is 16.3. The highest BCUT2D eigenvalue weighted by molar-refractivity contribution is 5.78. The van der Waals surface area contributed by atoms with Gasteiger partial charge in [-0.1, -0.05) is 72.1 Å². The summed E-state index contributed by atoms with van der Waals surface area (Å²) in [6.45, 7) is 12.1. The minimum atomic E-state index is -0.386. The van der Waals surface area contributed by atoms with Crippen molar-refractivity contribution in [2.24, 2.45) is 11.8 Å². The van der Waals surface area contributed by atoms with Crippen molar-refractivity contribution in [3.05, 3.63) is 0 Å². The van der Waals surface area contributed by atoms with E-state index in [1.165, 1.54) is 44.9 Å². The molecule has 0 aliphatic heterocycles. The van der Waals surface area contributed by atoms with Crippen molar-refractivity contribution >= 4 is 5.78 Å². The predicted octanol–water partition coefficient (Wildman–Crippen LogP) is 5.59. The van der Waals surface area contributed by atoms with Crippen LogP contribution in [0, 0.1) is 11.8 Å². The lowest BCUT2D eigenvalue weighted by molar-refractivity contribution is -0.122. The molecule has 0 fully saturated rings. The number of nitrogens with zero attached hydrogens (tertiary/aromatic N) is 1. The zero-order valence-electron chi connectivity index (χ0n) is 20.2. The zero-order chi connectivity index (χ0) is 22.1. The van der Waals surface area contributed by atoms with Gasteiger partial charge in [-0.25, -0.2) is 0 Å². The Hall–Kier alpha value is -0.450. The molecule has 0 aromatic heterocycles. The first-order valence-electron chi connectivity index (χ1n) is 12.4. The maximum atomic E-state index is 11.7. The number of carbonyl (C=O) groups excluding carboxylic acids is 1. The number of ketones is 1. The van der Waals surface area contributed by atoms with Crippen LogP contribution in [0.15, 0.2) is 0 Å². The second-order valence-electron chi connectivity index (χ2n) is 9.27. The van der Waals surface area contributed by atoms with Crippen molar-refractivity contribution in [3.63, 3.8) is 0 Å². The van der Waals surface area contributed by atoms with Crippen LogP contribution in [0.4, 0.5) is 0 Å². The third-order valence-corrected chi connectivity index (χ3v) is 6.16. The topological polar surface area (TPSA) is 60.8 Å². The van der Waals surface area contributed by atoms with Crippen LogP contribution >= 0.6 is 0 Å². The molecule has 0 aromatic rings. The number of unbranched alkanes of at least 4 members (excludes halogenated alkanes) is 7. The number of aliphatic hydroxyl groups is 2. The van der Waals surface area contributed by atoms with Gasteiger partial charge in [0.05, 0.1) is 12.2 Å². The number of rotatable bonds is 20. The largest absolute Gasteiger partial charge is 0.392 e. The van der Waals surface area contributed by atoms with Crippen molar-refractivity contribution in [1.29, 1.82) is 0 Å². The van der Waals surface area contributed by atoms with E-state index in [9.17, 15) is 15.0 Å². The van der Waals surface area contributed by atoms with Crippen molar-refractivity contribution in [1.82, 2.24) is 4.90 Å². The Bertz CT molecular complexity index is 386. The molecule has 0 aromatic carbocycles. The van der Waals surface area contributed by atoms with Gasteiger partial charge in [-0.3, -0.25) is 9.69 Å². The quantitative estimate of drug-likeness (QED) is 0.255. The molecule has 0 heterocycles.